The highest BCUT2D eigenvalue weighted by Gasteiger charge is 2.22. The van der Waals surface area contributed by atoms with Crippen molar-refractivity contribution in [2.75, 3.05) is 0 Å². The molecule has 0 aliphatic rings. The molecule has 0 aliphatic carbocycles. The molecular weight excluding hydrogens is 357 g/mol. The van der Waals surface area contributed by atoms with Crippen LogP contribution in [0.25, 0.3) is 0 Å². The number of nitrogens with zero attached hydrogens (tertiary/aromatic N) is 1. The van der Waals surface area contributed by atoms with Crippen molar-refractivity contribution in [2.24, 2.45) is 5.73 Å². The lowest BCUT2D eigenvalue weighted by atomic mass is 9.89. The summed E-state index contributed by atoms with van der Waals surface area (Å²) in [7, 11) is 0. The molecule has 21 heavy (non-hydrogen) atoms. The summed E-state index contributed by atoms with van der Waals surface area (Å²) < 4.78 is 0. The normalized spacial score (nSPS) is 9.33. The van der Waals surface area contributed by atoms with Gasteiger partial charge in [0.25, 0.3) is 0 Å². The number of amidine groups is 1. The van der Waals surface area contributed by atoms with Gasteiger partial charge in [0, 0.05) is 22.4 Å². The summed E-state index contributed by atoms with van der Waals surface area (Å²) in [5.74, 6) is 0.713. The van der Waals surface area contributed by atoms with Gasteiger partial charge in [-0.15, -0.1) is 37.2 Å². The molecule has 6 N–H and O–H groups in total. The van der Waals surface area contributed by atoms with Gasteiger partial charge in [-0.1, -0.05) is 32.5 Å². The third kappa shape index (κ3) is 8.58. The topological polar surface area (TPSA) is 114 Å². The second kappa shape index (κ2) is 11.2. The van der Waals surface area contributed by atoms with Crippen LogP contribution in [-0.4, -0.2) is 20.7 Å². The highest BCUT2D eigenvalue weighted by molar-refractivity contribution is 8.13. The Bertz CT molecular complexity index is 454. The molecule has 0 fully saturated rings. The first kappa shape index (κ1) is 28.7. The largest absolute Gasteiger partial charge is 0.506 e. The van der Waals surface area contributed by atoms with E-state index in [-0.39, 0.29) is 59.0 Å². The van der Waals surface area contributed by atoms with Crippen molar-refractivity contribution >= 4 is 54.2 Å². The highest BCUT2D eigenvalue weighted by atomic mass is 35.5. The summed E-state index contributed by atoms with van der Waals surface area (Å²) in [6, 6.07) is 1.83. The molecule has 1 aromatic rings. The Labute approximate surface area is 148 Å². The predicted octanol–water partition coefficient (Wildman–Crippen LogP) is 2.96. The zero-order chi connectivity index (χ0) is 13.2. The van der Waals surface area contributed by atoms with Gasteiger partial charge in [-0.2, -0.15) is 0 Å². The number of aromatic nitrogens is 1. The number of aromatic hydroxyl groups is 1. The van der Waals surface area contributed by atoms with Crippen molar-refractivity contribution in [2.45, 2.75) is 38.9 Å². The maximum absolute atomic E-state index is 10.2. The molecule has 0 atom stereocenters. The number of nitrogens with one attached hydrogen (secondary N) is 1. The fourth-order valence-corrected chi connectivity index (χ4v) is 2.05. The lowest BCUT2D eigenvalue weighted by Crippen LogP contribution is -2.15. The Hall–Kier alpha value is -0.400. The van der Waals surface area contributed by atoms with Gasteiger partial charge >= 0.3 is 0 Å². The first-order chi connectivity index (χ1) is 7.71. The second-order valence-corrected chi connectivity index (χ2v) is 6.04. The monoisotopic (exact) mass is 379 g/mol. The van der Waals surface area contributed by atoms with Crippen molar-refractivity contribution in [3.63, 3.8) is 0 Å². The van der Waals surface area contributed by atoms with Gasteiger partial charge in [-0.05, 0) is 13.0 Å². The van der Waals surface area contributed by atoms with Crippen molar-refractivity contribution in [1.82, 2.24) is 4.98 Å². The van der Waals surface area contributed by atoms with E-state index >= 15 is 0 Å². The number of aryl methyl sites for hydroxylation is 1. The van der Waals surface area contributed by atoms with Crippen LogP contribution in [0.2, 0.25) is 0 Å². The number of nitrogens with two attached hydrogens (primary N) is 1. The molecule has 0 unspecified atom stereocenters. The Morgan fingerprint density at radius 1 is 1.33 bits per heavy atom. The summed E-state index contributed by atoms with van der Waals surface area (Å²) in [5.41, 5.74) is 7.44. The zero-order valence-electron chi connectivity index (χ0n) is 12.4. The van der Waals surface area contributed by atoms with Crippen LogP contribution in [0.1, 0.15) is 37.7 Å². The SMILES string of the molecule is Cc1cc(CSC(=N)N)c(O)c(C(C)(C)C)n1.Cl.Cl.Cl.O. The Balaban J connectivity index is -0.000000361. The van der Waals surface area contributed by atoms with Crippen LogP contribution in [0.3, 0.4) is 0 Å². The summed E-state index contributed by atoms with van der Waals surface area (Å²) in [5, 5.41) is 17.4. The molecule has 1 rings (SSSR count). The smallest absolute Gasteiger partial charge is 0.151 e. The molecule has 0 radical (unpaired) electrons. The minimum atomic E-state index is -0.203. The standard InChI is InChI=1S/C12H19N3OS.3ClH.H2O/c1-7-5-8(6-17-11(13)14)9(16)10(15-7)12(2,3)4;;;;/h5,16H,6H2,1-4H3,(H3,13,14);3*1H;1H2. The van der Waals surface area contributed by atoms with Crippen molar-refractivity contribution in [1.29, 1.82) is 5.41 Å². The van der Waals surface area contributed by atoms with Crippen LogP contribution in [0.15, 0.2) is 6.07 Å². The number of hydrogen-bond acceptors (Lipinski definition) is 4. The predicted molar refractivity (Wildman–Crippen MR) is 97.9 cm³/mol. The van der Waals surface area contributed by atoms with E-state index in [2.05, 4.69) is 4.98 Å². The molecule has 1 aromatic heterocycles. The third-order valence-electron chi connectivity index (χ3n) is 2.29. The molecule has 0 aromatic carbocycles. The van der Waals surface area contributed by atoms with Gasteiger partial charge in [-0.25, -0.2) is 0 Å². The van der Waals surface area contributed by atoms with Crippen LogP contribution < -0.4 is 5.73 Å². The van der Waals surface area contributed by atoms with Gasteiger partial charge in [0.2, 0.25) is 0 Å². The minimum absolute atomic E-state index is 0. The Kier molecular flexibility index (Phi) is 15.3. The number of halogens is 3. The first-order valence-corrected chi connectivity index (χ1v) is 6.37. The van der Waals surface area contributed by atoms with Gasteiger partial charge in [0.15, 0.2) is 5.17 Å². The first-order valence-electron chi connectivity index (χ1n) is 5.38. The fourth-order valence-electron chi connectivity index (χ4n) is 1.52. The van der Waals surface area contributed by atoms with Crippen LogP contribution in [0.4, 0.5) is 0 Å². The summed E-state index contributed by atoms with van der Waals surface area (Å²) >= 11 is 1.20. The second-order valence-electron chi connectivity index (χ2n) is 5.02. The quantitative estimate of drug-likeness (QED) is 0.540. The third-order valence-corrected chi connectivity index (χ3v) is 3.06. The van der Waals surface area contributed by atoms with Crippen molar-refractivity contribution in [3.05, 3.63) is 23.0 Å². The Morgan fingerprint density at radius 2 is 1.81 bits per heavy atom. The fraction of sp³-hybridized carbons (Fsp3) is 0.500. The molecule has 1 heterocycles. The number of pyridine rings is 1. The van der Waals surface area contributed by atoms with E-state index in [0.29, 0.717) is 11.4 Å². The van der Waals surface area contributed by atoms with Crippen LogP contribution in [0.5, 0.6) is 5.75 Å². The van der Waals surface area contributed by atoms with Crippen LogP contribution in [0, 0.1) is 12.3 Å². The molecule has 0 aliphatic heterocycles. The molecule has 0 saturated carbocycles. The number of rotatable bonds is 2. The summed E-state index contributed by atoms with van der Waals surface area (Å²) in [6.07, 6.45) is 0. The molecular formula is C12H24Cl3N3O2S. The Morgan fingerprint density at radius 3 is 2.19 bits per heavy atom. The molecule has 126 valence electrons. The molecule has 0 spiro atoms. The van der Waals surface area contributed by atoms with E-state index in [9.17, 15) is 5.11 Å². The number of hydrogen-bond donors (Lipinski definition) is 3. The van der Waals surface area contributed by atoms with Gasteiger partial charge in [0.05, 0.1) is 5.69 Å². The summed E-state index contributed by atoms with van der Waals surface area (Å²) in [6.45, 7) is 7.93. The average molecular weight is 381 g/mol. The van der Waals surface area contributed by atoms with E-state index in [0.717, 1.165) is 11.3 Å². The van der Waals surface area contributed by atoms with Gasteiger partial charge < -0.3 is 16.3 Å². The zero-order valence-corrected chi connectivity index (χ0v) is 15.7. The molecule has 0 saturated heterocycles. The maximum Gasteiger partial charge on any atom is 0.151 e. The van der Waals surface area contributed by atoms with Crippen LogP contribution >= 0.6 is 49.0 Å². The van der Waals surface area contributed by atoms with Crippen LogP contribution in [-0.2, 0) is 11.2 Å². The van der Waals surface area contributed by atoms with Crippen molar-refractivity contribution in [3.8, 4) is 5.75 Å². The van der Waals surface area contributed by atoms with E-state index in [1.807, 2.05) is 33.8 Å². The maximum atomic E-state index is 10.2. The molecule has 0 amide bonds. The van der Waals surface area contributed by atoms with E-state index in [4.69, 9.17) is 11.1 Å². The highest BCUT2D eigenvalue weighted by Crippen LogP contribution is 2.33. The van der Waals surface area contributed by atoms with Gasteiger partial charge in [-0.3, -0.25) is 10.4 Å². The van der Waals surface area contributed by atoms with Crippen molar-refractivity contribution < 1.29 is 10.6 Å². The van der Waals surface area contributed by atoms with E-state index in [1.54, 1.807) is 0 Å². The van der Waals surface area contributed by atoms with E-state index in [1.165, 1.54) is 11.8 Å². The lowest BCUT2D eigenvalue weighted by molar-refractivity contribution is 0.433. The summed E-state index contributed by atoms with van der Waals surface area (Å²) in [4.78, 5) is 4.39. The van der Waals surface area contributed by atoms with Gasteiger partial charge in [0.1, 0.15) is 5.75 Å². The molecule has 0 bridgehead atoms. The molecule has 9 heteroatoms. The lowest BCUT2D eigenvalue weighted by Gasteiger charge is -2.21. The average Bonchev–Trinajstić information content (AvgIpc) is 2.17. The van der Waals surface area contributed by atoms with E-state index < -0.39 is 0 Å². The number of thioether (sulfide) groups is 1. The molecule has 5 nitrogen and oxygen atoms in total. The minimum Gasteiger partial charge on any atom is -0.506 e.